The molecule has 6 amide bonds. The summed E-state index contributed by atoms with van der Waals surface area (Å²) < 4.78 is 124. The number of carbonyl (C=O) groups is 6. The second-order valence-corrected chi connectivity index (χ2v) is 16.2. The molecule has 0 aromatic heterocycles. The second-order valence-electron chi connectivity index (χ2n) is 16.2. The number of hydrogen-bond acceptors (Lipinski definition) is 6. The summed E-state index contributed by atoms with van der Waals surface area (Å²) in [5.74, 6) is -2.62. The molecule has 74 heavy (non-hydrogen) atoms. The number of fused-ring (bicyclic) bond motifs is 2. The molecule has 0 unspecified atom stereocenters. The van der Waals surface area contributed by atoms with Crippen LogP contribution in [-0.4, -0.2) is 72.1 Å². The van der Waals surface area contributed by atoms with E-state index in [9.17, 15) is 81.5 Å². The highest BCUT2D eigenvalue weighted by molar-refractivity contribution is 6.35. The zero-order valence-corrected chi connectivity index (χ0v) is 39.6. The summed E-state index contributed by atoms with van der Waals surface area (Å²) in [5.41, 5.74) is 7.77. The molecule has 2 aliphatic rings. The molecule has 22 heteroatoms. The van der Waals surface area contributed by atoms with E-state index >= 15 is 0 Å². The predicted molar refractivity (Wildman–Crippen MR) is 252 cm³/mol. The number of halogens is 12. The summed E-state index contributed by atoms with van der Waals surface area (Å²) in [4.78, 5) is 79.5. The van der Waals surface area contributed by atoms with Crippen LogP contribution in [0.5, 0.6) is 0 Å². The minimum absolute atomic E-state index is 0.164. The molecule has 0 bridgehead atoms. The maximum atomic E-state index is 13.4. The van der Waals surface area contributed by atoms with Crippen molar-refractivity contribution in [3.05, 3.63) is 172 Å². The summed E-state index contributed by atoms with van der Waals surface area (Å²) >= 11 is 0. The molecule has 0 saturated carbocycles. The highest BCUT2D eigenvalue weighted by Gasteiger charge is 2.37. The van der Waals surface area contributed by atoms with E-state index in [2.05, 4.69) is 10.6 Å². The number of hydrogen-bond donors (Lipinski definition) is 2. The number of amides is 6. The van der Waals surface area contributed by atoms with E-state index in [0.29, 0.717) is 17.1 Å². The van der Waals surface area contributed by atoms with Crippen molar-refractivity contribution in [1.82, 2.24) is 4.90 Å². The molecule has 2 N–H and O–H groups in total. The summed E-state index contributed by atoms with van der Waals surface area (Å²) in [7, 11) is 1.40. The Morgan fingerprint density at radius 1 is 0.392 bits per heavy atom. The molecule has 0 fully saturated rings. The van der Waals surface area contributed by atoms with Crippen molar-refractivity contribution < 1.29 is 81.5 Å². The summed E-state index contributed by atoms with van der Waals surface area (Å²) in [5, 5.41) is 5.67. The lowest BCUT2D eigenvalue weighted by Crippen LogP contribution is -2.29. The molecule has 6 aromatic carbocycles. The summed E-state index contributed by atoms with van der Waals surface area (Å²) in [6, 6.07) is 38.6. The average molecular weight is 1050 g/mol. The normalized spacial score (nSPS) is 12.9. The third-order valence-corrected chi connectivity index (χ3v) is 9.63. The summed E-state index contributed by atoms with van der Waals surface area (Å²) in [6.45, 7) is 2.77. The quantitative estimate of drug-likeness (QED) is 0.121. The van der Waals surface area contributed by atoms with Crippen molar-refractivity contribution in [1.29, 1.82) is 0 Å². The first-order valence-corrected chi connectivity index (χ1v) is 21.3. The van der Waals surface area contributed by atoms with Crippen molar-refractivity contribution in [3.8, 4) is 22.3 Å². The number of nitrogens with one attached hydrogen (secondary N) is 2. The Bertz CT molecular complexity index is 2930. The van der Waals surface area contributed by atoms with Crippen LogP contribution in [0.15, 0.2) is 133 Å². The molecule has 2 aliphatic heterocycles. The Labute approximate surface area is 414 Å². The van der Waals surface area contributed by atoms with Crippen molar-refractivity contribution in [2.24, 2.45) is 0 Å². The van der Waals surface area contributed by atoms with Gasteiger partial charge in [0.15, 0.2) is 0 Å². The van der Waals surface area contributed by atoms with Crippen LogP contribution in [0.1, 0.15) is 95.4 Å². The number of imide groups is 2. The Hall–Kier alpha value is -8.30. The Balaban J connectivity index is 0.000000505. The molecule has 2 heterocycles. The molecular formula is C52H42F12N4O6. The number of carbonyl (C=O) groups excluding carboxylic acids is 6. The van der Waals surface area contributed by atoms with Gasteiger partial charge in [0.2, 0.25) is 0 Å². The van der Waals surface area contributed by atoms with Crippen molar-refractivity contribution in [3.63, 3.8) is 0 Å². The van der Waals surface area contributed by atoms with Crippen LogP contribution >= 0.6 is 0 Å². The molecule has 0 aliphatic carbocycles. The topological polar surface area (TPSA) is 133 Å². The Kier molecular flexibility index (Phi) is 18.5. The molecule has 0 radical (unpaired) electrons. The molecule has 0 atom stereocenters. The van der Waals surface area contributed by atoms with Gasteiger partial charge in [-0.15, -0.1) is 0 Å². The third-order valence-electron chi connectivity index (χ3n) is 9.63. The molecule has 10 nitrogen and oxygen atoms in total. The van der Waals surface area contributed by atoms with Gasteiger partial charge in [-0.05, 0) is 102 Å². The molecule has 8 rings (SSSR count). The average Bonchev–Trinajstić information content (AvgIpc) is 3.66. The highest BCUT2D eigenvalue weighted by atomic mass is 19.4. The maximum Gasteiger partial charge on any atom is 0.386 e. The number of rotatable bonds is 7. The first-order valence-electron chi connectivity index (χ1n) is 21.3. The lowest BCUT2D eigenvalue weighted by molar-refractivity contribution is -0.111. The van der Waals surface area contributed by atoms with Gasteiger partial charge in [-0.25, -0.2) is 4.90 Å². The van der Waals surface area contributed by atoms with E-state index in [4.69, 9.17) is 0 Å². The number of aryl methyl sites for hydroxylation is 1. The number of anilines is 3. The van der Waals surface area contributed by atoms with Gasteiger partial charge >= 0.3 is 24.7 Å². The monoisotopic (exact) mass is 1050 g/mol. The van der Waals surface area contributed by atoms with Gasteiger partial charge in [-0.2, -0.15) is 52.7 Å². The van der Waals surface area contributed by atoms with Gasteiger partial charge in [0.25, 0.3) is 35.4 Å². The van der Waals surface area contributed by atoms with Crippen LogP contribution < -0.4 is 15.5 Å². The second kappa shape index (κ2) is 23.5. The highest BCUT2D eigenvalue weighted by Crippen LogP contribution is 2.32. The van der Waals surface area contributed by atoms with Crippen molar-refractivity contribution >= 4 is 52.5 Å². The number of alkyl halides is 12. The van der Waals surface area contributed by atoms with Gasteiger partial charge in [-0.1, -0.05) is 66.2 Å². The van der Waals surface area contributed by atoms with Crippen molar-refractivity contribution in [2.75, 3.05) is 22.6 Å². The number of benzene rings is 6. The largest absolute Gasteiger partial charge is 0.386 e. The van der Waals surface area contributed by atoms with Gasteiger partial charge < -0.3 is 10.6 Å². The van der Waals surface area contributed by atoms with Gasteiger partial charge in [0.1, 0.15) is 0 Å². The fourth-order valence-electron chi connectivity index (χ4n) is 6.57. The van der Waals surface area contributed by atoms with Crippen LogP contribution in [0.2, 0.25) is 0 Å². The standard InChI is InChI=1S/C44H30N4O6.4C2H3F3/c1-25-3-5-26(6-4-25)29-11-19-34(20-12-29)48-43(53)36-22-14-31(24-38(36)44(48)54)40(50)46-33-17-9-28(10-18-33)27-7-15-32(16-8-27)45-39(49)30-13-21-35-37(23-30)42(52)47(2)41(35)51;4*1-2(3,4)5/h3-24H,1-2H3,(H,45,49)(H,46,50);4*1H3. The molecule has 6 aromatic rings. The van der Waals surface area contributed by atoms with E-state index < -0.39 is 60.1 Å². The molecular weight excluding hydrogens is 1000 g/mol. The van der Waals surface area contributed by atoms with E-state index in [-0.39, 0.29) is 61.1 Å². The van der Waals surface area contributed by atoms with Crippen LogP contribution in [0.4, 0.5) is 69.7 Å². The zero-order valence-electron chi connectivity index (χ0n) is 39.6. The Morgan fingerprint density at radius 2 is 0.662 bits per heavy atom. The molecule has 0 spiro atoms. The lowest BCUT2D eigenvalue weighted by atomic mass is 10.0. The van der Waals surface area contributed by atoms with E-state index in [1.807, 2.05) is 67.6 Å². The predicted octanol–water partition coefficient (Wildman–Crippen LogP) is 14.1. The smallest absolute Gasteiger partial charge is 0.322 e. The van der Waals surface area contributed by atoms with Crippen LogP contribution in [0, 0.1) is 6.92 Å². The van der Waals surface area contributed by atoms with E-state index in [1.165, 1.54) is 43.4 Å². The van der Waals surface area contributed by atoms with E-state index in [0.717, 1.165) is 37.6 Å². The summed E-state index contributed by atoms with van der Waals surface area (Å²) in [6.07, 6.45) is -16.0. The zero-order chi connectivity index (χ0) is 55.7. The fraction of sp³-hybridized carbons (Fsp3) is 0.192. The van der Waals surface area contributed by atoms with Crippen LogP contribution in [0.3, 0.4) is 0 Å². The first-order chi connectivity index (χ1) is 34.0. The Morgan fingerprint density at radius 3 is 1.01 bits per heavy atom. The lowest BCUT2D eigenvalue weighted by Gasteiger charge is -2.14. The van der Waals surface area contributed by atoms with Gasteiger partial charge in [0.05, 0.1) is 27.9 Å². The van der Waals surface area contributed by atoms with Crippen LogP contribution in [0.25, 0.3) is 22.3 Å². The molecule has 390 valence electrons. The first kappa shape index (κ1) is 58.3. The SMILES string of the molecule is CC(F)(F)F.CC(F)(F)F.CC(F)(F)F.CC(F)(F)F.Cc1ccc(-c2ccc(N3C(=O)c4ccc(C(=O)Nc5ccc(-c6ccc(NC(=O)c7ccc8c(c7)C(=O)N(C)C8=O)cc6)cc5)cc4C3=O)cc2)cc1. The minimum atomic E-state index is -4.00. The van der Waals surface area contributed by atoms with Gasteiger partial charge in [-0.3, -0.25) is 33.7 Å². The molecule has 0 saturated heterocycles. The van der Waals surface area contributed by atoms with Crippen LogP contribution in [-0.2, 0) is 0 Å². The third kappa shape index (κ3) is 18.1. The number of nitrogens with zero attached hydrogens (tertiary/aromatic N) is 2. The maximum absolute atomic E-state index is 13.4. The van der Waals surface area contributed by atoms with Crippen molar-refractivity contribution in [2.45, 2.75) is 59.3 Å². The van der Waals surface area contributed by atoms with Gasteiger partial charge in [0, 0.05) is 57.2 Å². The minimum Gasteiger partial charge on any atom is -0.322 e. The fourth-order valence-corrected chi connectivity index (χ4v) is 6.57. The van der Waals surface area contributed by atoms with E-state index in [1.54, 1.807) is 36.4 Å².